The van der Waals surface area contributed by atoms with Gasteiger partial charge in [0.2, 0.25) is 0 Å². The Morgan fingerprint density at radius 3 is 2.21 bits per heavy atom. The van der Waals surface area contributed by atoms with Gasteiger partial charge in [-0.25, -0.2) is 0 Å². The molecule has 0 spiro atoms. The lowest BCUT2D eigenvalue weighted by molar-refractivity contribution is -0.118. The van der Waals surface area contributed by atoms with Crippen molar-refractivity contribution in [3.05, 3.63) is 54.1 Å². The van der Waals surface area contributed by atoms with E-state index in [4.69, 9.17) is 14.2 Å². The summed E-state index contributed by atoms with van der Waals surface area (Å²) in [5, 5.41) is 2.76. The summed E-state index contributed by atoms with van der Waals surface area (Å²) in [6.45, 7) is 4.72. The first-order chi connectivity index (χ1) is 13.7. The number of nitrogens with zero attached hydrogens (tertiary/aromatic N) is 1. The zero-order chi connectivity index (χ0) is 19.8. The fourth-order valence-electron chi connectivity index (χ4n) is 2.79. The molecule has 0 atom stereocenters. The highest BCUT2D eigenvalue weighted by atomic mass is 16.5. The van der Waals surface area contributed by atoms with Crippen LogP contribution in [0.15, 0.2) is 48.5 Å². The molecule has 28 heavy (non-hydrogen) atoms. The molecule has 3 rings (SSSR count). The molecule has 1 fully saturated rings. The molecule has 2 aromatic carbocycles. The predicted octanol–water partition coefficient (Wildman–Crippen LogP) is 2.58. The van der Waals surface area contributed by atoms with Gasteiger partial charge in [-0.05, 0) is 55.5 Å². The van der Waals surface area contributed by atoms with Gasteiger partial charge in [0.1, 0.15) is 11.5 Å². The number of hydrogen-bond acceptors (Lipinski definition) is 5. The monoisotopic (exact) mass is 384 g/mol. The van der Waals surface area contributed by atoms with Crippen LogP contribution in [0, 0.1) is 0 Å². The van der Waals surface area contributed by atoms with Gasteiger partial charge in [-0.15, -0.1) is 0 Å². The van der Waals surface area contributed by atoms with Gasteiger partial charge >= 0.3 is 0 Å². The van der Waals surface area contributed by atoms with Crippen molar-refractivity contribution in [3.63, 3.8) is 0 Å². The molecule has 1 N–H and O–H groups in total. The van der Waals surface area contributed by atoms with Crippen LogP contribution in [0.25, 0.3) is 0 Å². The Kier molecular flexibility index (Phi) is 6.86. The minimum absolute atomic E-state index is 0.0249. The van der Waals surface area contributed by atoms with Gasteiger partial charge in [0.15, 0.2) is 6.61 Å². The fraction of sp³-hybridized carbons (Fsp3) is 0.333. The maximum absolute atomic E-state index is 12.4. The summed E-state index contributed by atoms with van der Waals surface area (Å²) in [4.78, 5) is 26.2. The topological polar surface area (TPSA) is 77.1 Å². The van der Waals surface area contributed by atoms with E-state index in [-0.39, 0.29) is 18.4 Å². The van der Waals surface area contributed by atoms with Crippen LogP contribution in [-0.4, -0.2) is 56.2 Å². The Morgan fingerprint density at radius 1 is 0.964 bits per heavy atom. The second kappa shape index (κ2) is 9.75. The van der Waals surface area contributed by atoms with Gasteiger partial charge in [-0.1, -0.05) is 0 Å². The molecule has 1 heterocycles. The van der Waals surface area contributed by atoms with Crippen LogP contribution in [0.4, 0.5) is 5.69 Å². The summed E-state index contributed by atoms with van der Waals surface area (Å²) in [6.07, 6.45) is 0. The number of carbonyl (C=O) groups is 2. The van der Waals surface area contributed by atoms with Crippen LogP contribution in [0.2, 0.25) is 0 Å². The van der Waals surface area contributed by atoms with E-state index in [1.807, 2.05) is 6.92 Å². The lowest BCUT2D eigenvalue weighted by atomic mass is 10.2. The summed E-state index contributed by atoms with van der Waals surface area (Å²) in [5.41, 5.74) is 1.26. The van der Waals surface area contributed by atoms with E-state index in [1.165, 1.54) is 0 Å². The number of nitrogens with one attached hydrogen (secondary N) is 1. The zero-order valence-electron chi connectivity index (χ0n) is 15.8. The Balaban J connectivity index is 1.47. The van der Waals surface area contributed by atoms with Crippen molar-refractivity contribution in [1.82, 2.24) is 4.90 Å². The van der Waals surface area contributed by atoms with E-state index in [0.717, 1.165) is 5.75 Å². The Labute approximate surface area is 164 Å². The van der Waals surface area contributed by atoms with E-state index < -0.39 is 0 Å². The lowest BCUT2D eigenvalue weighted by Gasteiger charge is -2.26. The number of anilines is 1. The molecule has 7 nitrogen and oxygen atoms in total. The normalized spacial score (nSPS) is 13.7. The highest BCUT2D eigenvalue weighted by Crippen LogP contribution is 2.17. The standard InChI is InChI=1S/C21H24N2O5/c1-2-27-18-9-5-17(6-10-18)22-20(24)15-28-19-7-3-16(4-8-19)21(25)23-11-13-26-14-12-23/h3-10H,2,11-15H2,1H3,(H,22,24). The highest BCUT2D eigenvalue weighted by Gasteiger charge is 2.18. The molecule has 0 bridgehead atoms. The fourth-order valence-corrected chi connectivity index (χ4v) is 2.79. The third-order valence-corrected chi connectivity index (χ3v) is 4.22. The van der Waals surface area contributed by atoms with E-state index in [0.29, 0.717) is 49.9 Å². The van der Waals surface area contributed by atoms with E-state index in [9.17, 15) is 9.59 Å². The van der Waals surface area contributed by atoms with Gasteiger partial charge in [-0.2, -0.15) is 0 Å². The summed E-state index contributed by atoms with van der Waals surface area (Å²) < 4.78 is 16.1. The minimum Gasteiger partial charge on any atom is -0.494 e. The van der Waals surface area contributed by atoms with E-state index in [2.05, 4.69) is 5.32 Å². The number of carbonyl (C=O) groups excluding carboxylic acids is 2. The predicted molar refractivity (Wildman–Crippen MR) is 105 cm³/mol. The van der Waals surface area contributed by atoms with Crippen LogP contribution in [0.3, 0.4) is 0 Å². The summed E-state index contributed by atoms with van der Waals surface area (Å²) in [7, 11) is 0. The summed E-state index contributed by atoms with van der Waals surface area (Å²) >= 11 is 0. The Bertz CT molecular complexity index is 783. The van der Waals surface area contributed by atoms with Gasteiger partial charge in [0, 0.05) is 24.3 Å². The minimum atomic E-state index is -0.266. The van der Waals surface area contributed by atoms with E-state index in [1.54, 1.807) is 53.4 Å². The van der Waals surface area contributed by atoms with Crippen molar-refractivity contribution in [2.24, 2.45) is 0 Å². The first kappa shape index (κ1) is 19.7. The molecule has 2 amide bonds. The molecular formula is C21H24N2O5. The summed E-state index contributed by atoms with van der Waals surface area (Å²) in [5.74, 6) is 0.990. The van der Waals surface area contributed by atoms with Crippen LogP contribution < -0.4 is 14.8 Å². The maximum Gasteiger partial charge on any atom is 0.262 e. The molecule has 0 aliphatic carbocycles. The van der Waals surface area contributed by atoms with Crippen molar-refractivity contribution < 1.29 is 23.8 Å². The second-order valence-corrected chi connectivity index (χ2v) is 6.22. The van der Waals surface area contributed by atoms with Crippen molar-refractivity contribution in [2.75, 3.05) is 44.8 Å². The van der Waals surface area contributed by atoms with Crippen LogP contribution >= 0.6 is 0 Å². The quantitative estimate of drug-likeness (QED) is 0.794. The van der Waals surface area contributed by atoms with Crippen molar-refractivity contribution in [2.45, 2.75) is 6.92 Å². The van der Waals surface area contributed by atoms with Gasteiger partial charge < -0.3 is 24.4 Å². The van der Waals surface area contributed by atoms with Crippen LogP contribution in [-0.2, 0) is 9.53 Å². The molecule has 1 aliphatic heterocycles. The highest BCUT2D eigenvalue weighted by molar-refractivity contribution is 5.94. The molecular weight excluding hydrogens is 360 g/mol. The largest absolute Gasteiger partial charge is 0.494 e. The Hall–Kier alpha value is -3.06. The molecule has 0 radical (unpaired) electrons. The molecule has 2 aromatic rings. The third kappa shape index (κ3) is 5.47. The SMILES string of the molecule is CCOc1ccc(NC(=O)COc2ccc(C(=O)N3CCOCC3)cc2)cc1. The molecule has 0 unspecified atom stereocenters. The molecule has 0 aromatic heterocycles. The average Bonchev–Trinajstić information content (AvgIpc) is 2.74. The number of amides is 2. The molecule has 148 valence electrons. The molecule has 7 heteroatoms. The molecule has 1 saturated heterocycles. The van der Waals surface area contributed by atoms with Crippen LogP contribution in [0.1, 0.15) is 17.3 Å². The summed E-state index contributed by atoms with van der Waals surface area (Å²) in [6, 6.07) is 13.9. The lowest BCUT2D eigenvalue weighted by Crippen LogP contribution is -2.40. The second-order valence-electron chi connectivity index (χ2n) is 6.22. The van der Waals surface area contributed by atoms with Gasteiger partial charge in [0.05, 0.1) is 19.8 Å². The van der Waals surface area contributed by atoms with Gasteiger partial charge in [0.25, 0.3) is 11.8 Å². The first-order valence-corrected chi connectivity index (χ1v) is 9.28. The van der Waals surface area contributed by atoms with Crippen LogP contribution in [0.5, 0.6) is 11.5 Å². The average molecular weight is 384 g/mol. The number of benzene rings is 2. The van der Waals surface area contributed by atoms with Crippen molar-refractivity contribution >= 4 is 17.5 Å². The number of rotatable bonds is 7. The maximum atomic E-state index is 12.4. The third-order valence-electron chi connectivity index (χ3n) is 4.22. The zero-order valence-corrected chi connectivity index (χ0v) is 15.8. The van der Waals surface area contributed by atoms with E-state index >= 15 is 0 Å². The number of morpholine rings is 1. The molecule has 1 aliphatic rings. The van der Waals surface area contributed by atoms with Crippen molar-refractivity contribution in [3.8, 4) is 11.5 Å². The smallest absolute Gasteiger partial charge is 0.262 e. The first-order valence-electron chi connectivity index (χ1n) is 9.28. The number of hydrogen-bond donors (Lipinski definition) is 1. The van der Waals surface area contributed by atoms with Gasteiger partial charge in [-0.3, -0.25) is 9.59 Å². The molecule has 0 saturated carbocycles. The Morgan fingerprint density at radius 2 is 1.57 bits per heavy atom. The van der Waals surface area contributed by atoms with Crippen molar-refractivity contribution in [1.29, 1.82) is 0 Å². The number of ether oxygens (including phenoxy) is 3.